The van der Waals surface area contributed by atoms with Crippen molar-refractivity contribution in [1.82, 2.24) is 18.3 Å². The molecule has 20 nitrogen and oxygen atoms in total. The lowest BCUT2D eigenvalue weighted by molar-refractivity contribution is -0.166. The maximum absolute atomic E-state index is 14.4. The van der Waals surface area contributed by atoms with Gasteiger partial charge < -0.3 is 42.6 Å². The molecule has 0 N–H and O–H groups in total. The fourth-order valence-electron chi connectivity index (χ4n) is 9.83. The highest BCUT2D eigenvalue weighted by molar-refractivity contribution is 5.96. The van der Waals surface area contributed by atoms with Gasteiger partial charge in [0.2, 0.25) is 0 Å². The summed E-state index contributed by atoms with van der Waals surface area (Å²) < 4.78 is 58.2. The molecular formula is C59H58N4O16. The highest BCUT2D eigenvalue weighted by Crippen LogP contribution is 2.43. The van der Waals surface area contributed by atoms with Crippen LogP contribution in [0.15, 0.2) is 171 Å². The molecule has 5 aromatic carbocycles. The minimum absolute atomic E-state index is 0.00316. The van der Waals surface area contributed by atoms with Gasteiger partial charge in [0.05, 0.1) is 33.5 Å². The third-order valence-corrected chi connectivity index (χ3v) is 13.8. The van der Waals surface area contributed by atoms with Gasteiger partial charge in [-0.1, -0.05) is 91.0 Å². The normalized spacial score (nSPS) is 19.0. The van der Waals surface area contributed by atoms with Gasteiger partial charge in [-0.25, -0.2) is 14.4 Å². The van der Waals surface area contributed by atoms with Crippen LogP contribution in [0.4, 0.5) is 0 Å². The molecule has 0 spiro atoms. The topological polar surface area (TPSA) is 222 Å². The summed E-state index contributed by atoms with van der Waals surface area (Å²) in [5.41, 5.74) is -2.15. The zero-order chi connectivity index (χ0) is 55.8. The predicted molar refractivity (Wildman–Crippen MR) is 285 cm³/mol. The van der Waals surface area contributed by atoms with Crippen LogP contribution in [-0.2, 0) is 43.6 Å². The molecule has 2 fully saturated rings. The van der Waals surface area contributed by atoms with E-state index in [1.807, 2.05) is 78.9 Å². The summed E-state index contributed by atoms with van der Waals surface area (Å²) in [6, 6.07) is 40.4. The standard InChI is InChI=1S/C59H58N4O16/c1-37-31-60(57(69)62(53(37)65)55(67)39-15-9-6-10-16-39)50-29-46(49(78-50)34-76-59(41-19-13-8-14-20-41,42-21-25-44(72-4)26-22-42)43-23-27-45(73-5)28-24-43)75-36-74-33-48-47(79-52(64)35-71-3)30-51(77-48)61-32-38(2)54(66)63(58(61)70)56(68)40-17-11-7-12-18-40/h6-28,31-32,46-51H,29-30,33-36H2,1-5H3/t46-,47-,48+,49+,50+,51+/m0/s1. The van der Waals surface area contributed by atoms with E-state index in [-0.39, 0.29) is 54.9 Å². The van der Waals surface area contributed by atoms with Crippen molar-refractivity contribution in [3.05, 3.63) is 233 Å². The van der Waals surface area contributed by atoms with Crippen LogP contribution in [-0.4, -0.2) is 108 Å². The molecule has 2 aliphatic heterocycles. The summed E-state index contributed by atoms with van der Waals surface area (Å²) in [7, 11) is 4.48. The lowest BCUT2D eigenvalue weighted by atomic mass is 9.80. The van der Waals surface area contributed by atoms with Crippen molar-refractivity contribution in [1.29, 1.82) is 0 Å². The van der Waals surface area contributed by atoms with Crippen LogP contribution in [0.25, 0.3) is 0 Å². The van der Waals surface area contributed by atoms with Crippen molar-refractivity contribution in [3.63, 3.8) is 0 Å². The van der Waals surface area contributed by atoms with Crippen molar-refractivity contribution in [2.24, 2.45) is 0 Å². The Balaban J connectivity index is 1.02. The predicted octanol–water partition coefficient (Wildman–Crippen LogP) is 5.55. The second-order valence-corrected chi connectivity index (χ2v) is 18.8. The number of carbonyl (C=O) groups excluding carboxylic acids is 3. The Kier molecular flexibility index (Phi) is 17.2. The number of aromatic nitrogens is 4. The summed E-state index contributed by atoms with van der Waals surface area (Å²) >= 11 is 0. The zero-order valence-electron chi connectivity index (χ0n) is 44.0. The summed E-state index contributed by atoms with van der Waals surface area (Å²) in [4.78, 5) is 95.5. The third kappa shape index (κ3) is 11.6. The molecule has 7 aromatic rings. The Morgan fingerprint density at radius 2 is 0.987 bits per heavy atom. The zero-order valence-corrected chi connectivity index (χ0v) is 44.0. The molecule has 0 saturated carbocycles. The van der Waals surface area contributed by atoms with E-state index >= 15 is 0 Å². The Hall–Kier alpha value is -8.37. The van der Waals surface area contributed by atoms with E-state index in [9.17, 15) is 33.6 Å². The SMILES string of the molecule is COCC(=O)O[C@H]1C[C@H](n2cc(C)c(=O)n(C(=O)c3ccccc3)c2=O)O[C@@H]1COCO[C@H]1C[C@H](n2cc(C)c(=O)n(C(=O)c3ccccc3)c2=O)O[C@@H]1COC(c1ccccc1)(c1ccc(OC)cc1)c1ccc(OC)cc1. The Morgan fingerprint density at radius 3 is 1.44 bits per heavy atom. The number of hydrogen-bond acceptors (Lipinski definition) is 16. The van der Waals surface area contributed by atoms with Crippen molar-refractivity contribution < 1.29 is 57.0 Å². The second kappa shape index (κ2) is 24.5. The number of carbonyl (C=O) groups is 3. The third-order valence-electron chi connectivity index (χ3n) is 13.8. The highest BCUT2D eigenvalue weighted by atomic mass is 16.7. The molecule has 0 radical (unpaired) electrons. The van der Waals surface area contributed by atoms with Crippen LogP contribution < -0.4 is 32.0 Å². The Morgan fingerprint density at radius 1 is 0.557 bits per heavy atom. The molecule has 20 heteroatoms. The van der Waals surface area contributed by atoms with Crippen molar-refractivity contribution >= 4 is 17.8 Å². The molecule has 0 bridgehead atoms. The molecule has 2 saturated heterocycles. The average Bonchev–Trinajstić information content (AvgIpc) is 4.19. The number of esters is 1. The monoisotopic (exact) mass is 1080 g/mol. The van der Waals surface area contributed by atoms with Crippen molar-refractivity contribution in [2.45, 2.75) is 69.2 Å². The second-order valence-electron chi connectivity index (χ2n) is 18.8. The molecule has 2 aliphatic rings. The number of methoxy groups -OCH3 is 3. The summed E-state index contributed by atoms with van der Waals surface area (Å²) in [6.45, 7) is 1.73. The summed E-state index contributed by atoms with van der Waals surface area (Å²) in [5.74, 6) is -1.13. The van der Waals surface area contributed by atoms with Gasteiger partial charge >= 0.3 is 17.3 Å². The van der Waals surface area contributed by atoms with Gasteiger partial charge in [-0.15, -0.1) is 0 Å². The summed E-state index contributed by atoms with van der Waals surface area (Å²) in [5, 5.41) is 0. The fraction of sp³-hybridized carbons (Fsp3) is 0.305. The van der Waals surface area contributed by atoms with Gasteiger partial charge in [0.1, 0.15) is 61.3 Å². The van der Waals surface area contributed by atoms with Gasteiger partial charge in [0, 0.05) is 54.6 Å². The fourth-order valence-corrected chi connectivity index (χ4v) is 9.83. The van der Waals surface area contributed by atoms with Gasteiger partial charge in [-0.2, -0.15) is 9.13 Å². The number of ether oxygens (including phenoxy) is 9. The average molecular weight is 1080 g/mol. The van der Waals surface area contributed by atoms with Crippen LogP contribution in [0.2, 0.25) is 0 Å². The van der Waals surface area contributed by atoms with Crippen LogP contribution in [0.5, 0.6) is 11.5 Å². The minimum atomic E-state index is -1.31. The largest absolute Gasteiger partial charge is 0.497 e. The maximum atomic E-state index is 14.4. The lowest BCUT2D eigenvalue weighted by Crippen LogP contribution is -2.45. The molecule has 79 heavy (non-hydrogen) atoms. The van der Waals surface area contributed by atoms with Gasteiger partial charge in [-0.05, 0) is 79.1 Å². The molecule has 4 heterocycles. The molecule has 0 unspecified atom stereocenters. The molecule has 9 rings (SSSR count). The van der Waals surface area contributed by atoms with Crippen LogP contribution in [0.1, 0.15) is 73.8 Å². The molecule has 2 aromatic heterocycles. The maximum Gasteiger partial charge on any atom is 0.340 e. The number of aryl methyl sites for hydroxylation is 2. The Bertz CT molecular complexity index is 3480. The molecule has 410 valence electrons. The van der Waals surface area contributed by atoms with E-state index in [2.05, 4.69) is 0 Å². The quantitative estimate of drug-likeness (QED) is 0.0395. The molecule has 6 atom stereocenters. The number of hydrogen-bond donors (Lipinski definition) is 0. The van der Waals surface area contributed by atoms with E-state index in [1.165, 1.54) is 62.2 Å². The van der Waals surface area contributed by atoms with Crippen molar-refractivity contribution in [2.75, 3.05) is 47.9 Å². The minimum Gasteiger partial charge on any atom is -0.497 e. The van der Waals surface area contributed by atoms with Gasteiger partial charge in [-0.3, -0.25) is 28.3 Å². The first-order chi connectivity index (χ1) is 38.3. The lowest BCUT2D eigenvalue weighted by Gasteiger charge is -2.37. The number of rotatable bonds is 20. The van der Waals surface area contributed by atoms with Crippen LogP contribution >= 0.6 is 0 Å². The smallest absolute Gasteiger partial charge is 0.340 e. The van der Waals surface area contributed by atoms with Crippen LogP contribution in [0.3, 0.4) is 0 Å². The van der Waals surface area contributed by atoms with Gasteiger partial charge in [0.25, 0.3) is 22.9 Å². The first kappa shape index (κ1) is 55.4. The Labute approximate surface area is 452 Å². The van der Waals surface area contributed by atoms with E-state index in [0.29, 0.717) is 20.6 Å². The molecule has 0 amide bonds. The first-order valence-corrected chi connectivity index (χ1v) is 25.3. The van der Waals surface area contributed by atoms with Gasteiger partial charge in [0.15, 0.2) is 0 Å². The first-order valence-electron chi connectivity index (χ1n) is 25.3. The van der Waals surface area contributed by atoms with E-state index in [1.54, 1.807) is 50.6 Å². The van der Waals surface area contributed by atoms with Crippen LogP contribution in [0, 0.1) is 13.8 Å². The summed E-state index contributed by atoms with van der Waals surface area (Å²) in [6.07, 6.45) is -3.53. The number of benzene rings is 5. The number of nitrogens with zero attached hydrogens (tertiary/aromatic N) is 4. The van der Waals surface area contributed by atoms with E-state index in [0.717, 1.165) is 21.3 Å². The van der Waals surface area contributed by atoms with E-state index in [4.69, 9.17) is 42.6 Å². The van der Waals surface area contributed by atoms with E-state index < -0.39 is 89.5 Å². The molecule has 0 aliphatic carbocycles. The van der Waals surface area contributed by atoms with Crippen molar-refractivity contribution in [3.8, 4) is 11.5 Å². The highest BCUT2D eigenvalue weighted by Gasteiger charge is 2.45. The molecular weight excluding hydrogens is 1020 g/mol.